The zero-order valence-electron chi connectivity index (χ0n) is 8.57. The second-order valence-corrected chi connectivity index (χ2v) is 4.66. The van der Waals surface area contributed by atoms with E-state index < -0.39 is 12.0 Å². The van der Waals surface area contributed by atoms with Crippen LogP contribution in [0.2, 0.25) is 0 Å². The third kappa shape index (κ3) is 3.46. The minimum Gasteiger partial charge on any atom is -0.480 e. The number of aromatic nitrogens is 1. The molecule has 0 aromatic carbocycles. The first-order valence-corrected chi connectivity index (χ1v) is 6.28. The number of anilines is 1. The van der Waals surface area contributed by atoms with Crippen LogP contribution < -0.4 is 4.90 Å². The lowest BCUT2D eigenvalue weighted by molar-refractivity contribution is -0.138. The fourth-order valence-corrected chi connectivity index (χ4v) is 2.27. The van der Waals surface area contributed by atoms with Crippen molar-refractivity contribution in [3.05, 3.63) is 16.5 Å². The molecular weight excluding hydrogens is 250 g/mol. The van der Waals surface area contributed by atoms with Crippen LogP contribution in [0.15, 0.2) is 16.2 Å². The third-order valence-corrected chi connectivity index (χ3v) is 3.39. The van der Waals surface area contributed by atoms with E-state index in [4.69, 9.17) is 5.11 Å². The second-order valence-electron chi connectivity index (χ2n) is 2.98. The first-order chi connectivity index (χ1) is 7.66. The summed E-state index contributed by atoms with van der Waals surface area (Å²) < 4.78 is 2.63. The Morgan fingerprint density at radius 1 is 1.81 bits per heavy atom. The van der Waals surface area contributed by atoms with E-state index in [1.807, 2.05) is 0 Å². The largest absolute Gasteiger partial charge is 0.480 e. The lowest BCUT2D eigenvalue weighted by Gasteiger charge is -2.23. The van der Waals surface area contributed by atoms with Gasteiger partial charge < -0.3 is 10.0 Å². The van der Waals surface area contributed by atoms with Crippen LogP contribution in [-0.4, -0.2) is 34.9 Å². The molecule has 0 fully saturated rings. The number of carbonyl (C=O) groups is 1. The van der Waals surface area contributed by atoms with Crippen molar-refractivity contribution in [2.75, 3.05) is 17.7 Å². The summed E-state index contributed by atoms with van der Waals surface area (Å²) in [6.07, 6.45) is 1.97. The van der Waals surface area contributed by atoms with E-state index in [9.17, 15) is 9.70 Å². The first kappa shape index (κ1) is 12.9. The Balaban J connectivity index is 2.62. The van der Waals surface area contributed by atoms with Gasteiger partial charge in [0, 0.05) is 40.9 Å². The third-order valence-electron chi connectivity index (χ3n) is 2.01. The van der Waals surface area contributed by atoms with Crippen molar-refractivity contribution >= 4 is 34.4 Å². The van der Waals surface area contributed by atoms with Crippen LogP contribution in [-0.2, 0) is 4.79 Å². The minimum atomic E-state index is -0.927. The summed E-state index contributed by atoms with van der Waals surface area (Å²) in [5.74, 6) is -0.542. The van der Waals surface area contributed by atoms with Crippen molar-refractivity contribution in [3.63, 3.8) is 0 Å². The molecule has 1 aromatic heterocycles. The van der Waals surface area contributed by atoms with E-state index in [1.165, 1.54) is 11.3 Å². The van der Waals surface area contributed by atoms with E-state index in [0.717, 1.165) is 11.9 Å². The number of carboxylic acids is 1. The molecule has 0 aliphatic carbocycles. The maximum absolute atomic E-state index is 11.0. The fourth-order valence-electron chi connectivity index (χ4n) is 1.21. The Bertz CT molecular complexity index is 344. The van der Waals surface area contributed by atoms with Gasteiger partial charge in [0.25, 0.3) is 0 Å². The number of nitrogens with zero attached hydrogens (tertiary/aromatic N) is 3. The first-order valence-electron chi connectivity index (χ1n) is 4.46. The molecule has 1 aromatic rings. The predicted octanol–water partition coefficient (Wildman–Crippen LogP) is 1.84. The summed E-state index contributed by atoms with van der Waals surface area (Å²) >= 11 is 2.21. The number of likely N-dealkylation sites (N-methyl/N-ethyl adjacent to an activating group) is 1. The highest BCUT2D eigenvalue weighted by Gasteiger charge is 2.23. The van der Waals surface area contributed by atoms with Gasteiger partial charge >= 0.3 is 5.97 Å². The molecule has 88 valence electrons. The molecule has 1 atom stereocenters. The van der Waals surface area contributed by atoms with Crippen molar-refractivity contribution in [2.24, 2.45) is 4.58 Å². The van der Waals surface area contributed by atoms with Gasteiger partial charge in [0.05, 0.1) is 0 Å². The monoisotopic (exact) mass is 261 g/mol. The number of hydrogen-bond acceptors (Lipinski definition) is 7. The lowest BCUT2D eigenvalue weighted by Crippen LogP contribution is -2.38. The fraction of sp³-hybridized carbons (Fsp3) is 0.500. The van der Waals surface area contributed by atoms with Crippen LogP contribution in [0, 0.1) is 4.91 Å². The highest BCUT2D eigenvalue weighted by Crippen LogP contribution is 2.20. The number of rotatable bonds is 7. The molecule has 0 radical (unpaired) electrons. The number of hydrogen-bond donors (Lipinski definition) is 1. The molecule has 1 N–H and O–H groups in total. The van der Waals surface area contributed by atoms with Crippen molar-refractivity contribution in [3.8, 4) is 0 Å². The molecule has 0 saturated heterocycles. The maximum Gasteiger partial charge on any atom is 0.326 e. The normalized spacial score (nSPS) is 12.1. The zero-order valence-corrected chi connectivity index (χ0v) is 10.2. The van der Waals surface area contributed by atoms with Gasteiger partial charge in [-0.1, -0.05) is 0 Å². The van der Waals surface area contributed by atoms with Gasteiger partial charge in [-0.25, -0.2) is 9.78 Å². The van der Waals surface area contributed by atoms with Crippen molar-refractivity contribution < 1.29 is 9.90 Å². The number of carboxylic acid groups (broad SMARTS) is 1. The molecule has 0 amide bonds. The molecule has 0 aliphatic heterocycles. The van der Waals surface area contributed by atoms with Crippen LogP contribution in [0.3, 0.4) is 0 Å². The quantitative estimate of drug-likeness (QED) is 0.458. The average molecular weight is 261 g/mol. The second kappa shape index (κ2) is 6.44. The zero-order chi connectivity index (χ0) is 12.0. The van der Waals surface area contributed by atoms with Gasteiger partial charge in [-0.2, -0.15) is 0 Å². The summed E-state index contributed by atoms with van der Waals surface area (Å²) in [4.78, 5) is 26.6. The number of nitroso groups, excluding NO2 is 1. The molecule has 0 unspecified atom stereocenters. The molecular formula is C8H11N3O3S2. The summed E-state index contributed by atoms with van der Waals surface area (Å²) in [7, 11) is 1.68. The summed E-state index contributed by atoms with van der Waals surface area (Å²) in [5, 5.41) is 11.5. The molecule has 0 bridgehead atoms. The highest BCUT2D eigenvalue weighted by molar-refractivity contribution is 7.97. The summed E-state index contributed by atoms with van der Waals surface area (Å²) in [5.41, 5.74) is 0. The molecule has 8 heteroatoms. The van der Waals surface area contributed by atoms with Gasteiger partial charge in [0.1, 0.15) is 6.04 Å². The number of aliphatic carboxylic acids is 1. The van der Waals surface area contributed by atoms with Crippen LogP contribution in [0.1, 0.15) is 6.42 Å². The molecule has 1 rings (SSSR count). The van der Waals surface area contributed by atoms with E-state index in [1.54, 1.807) is 23.5 Å². The van der Waals surface area contributed by atoms with E-state index in [-0.39, 0.29) is 0 Å². The Kier molecular flexibility index (Phi) is 5.20. The van der Waals surface area contributed by atoms with E-state index >= 15 is 0 Å². The molecule has 0 saturated carbocycles. The van der Waals surface area contributed by atoms with Gasteiger partial charge in [-0.05, 0) is 6.42 Å². The predicted molar refractivity (Wildman–Crippen MR) is 64.8 cm³/mol. The highest BCUT2D eigenvalue weighted by atomic mass is 32.2. The summed E-state index contributed by atoms with van der Waals surface area (Å²) in [6, 6.07) is -0.680. The Morgan fingerprint density at radius 3 is 3.06 bits per heavy atom. The molecule has 0 spiro atoms. The molecule has 0 aliphatic rings. The van der Waals surface area contributed by atoms with Crippen LogP contribution in [0.25, 0.3) is 0 Å². The van der Waals surface area contributed by atoms with Crippen LogP contribution in [0.5, 0.6) is 0 Å². The standard InChI is InChI=1S/C8H11N3O3S2/c1-11(8-9-3-5-15-8)6(7(12)13)2-4-16-10-14/h3,5-6H,2,4H2,1H3,(H,12,13)/t6-/m1/s1. The molecule has 6 nitrogen and oxygen atoms in total. The Morgan fingerprint density at radius 2 is 2.56 bits per heavy atom. The minimum absolute atomic E-state index is 0.349. The maximum atomic E-state index is 11.0. The van der Waals surface area contributed by atoms with Crippen molar-refractivity contribution in [1.29, 1.82) is 0 Å². The SMILES string of the molecule is CN(c1nccs1)[C@H](CCSN=O)C(=O)O. The van der Waals surface area contributed by atoms with Crippen molar-refractivity contribution in [2.45, 2.75) is 12.5 Å². The Hall–Kier alpha value is -1.15. The summed E-state index contributed by atoms with van der Waals surface area (Å²) in [6.45, 7) is 0. The van der Waals surface area contributed by atoms with Crippen LogP contribution in [0.4, 0.5) is 5.13 Å². The topological polar surface area (TPSA) is 82.9 Å². The Labute approximate surface area is 101 Å². The smallest absolute Gasteiger partial charge is 0.326 e. The average Bonchev–Trinajstić information content (AvgIpc) is 2.76. The van der Waals surface area contributed by atoms with Crippen LogP contribution >= 0.6 is 23.3 Å². The van der Waals surface area contributed by atoms with Gasteiger partial charge in [-0.3, -0.25) is 0 Å². The number of thiazole rings is 1. The van der Waals surface area contributed by atoms with Gasteiger partial charge in [0.2, 0.25) is 0 Å². The van der Waals surface area contributed by atoms with Gasteiger partial charge in [-0.15, -0.1) is 16.2 Å². The lowest BCUT2D eigenvalue weighted by atomic mass is 10.2. The molecule has 16 heavy (non-hydrogen) atoms. The molecule has 1 heterocycles. The van der Waals surface area contributed by atoms with Gasteiger partial charge in [0.15, 0.2) is 5.13 Å². The van der Waals surface area contributed by atoms with E-state index in [2.05, 4.69) is 9.57 Å². The van der Waals surface area contributed by atoms with E-state index in [0.29, 0.717) is 17.3 Å². The van der Waals surface area contributed by atoms with Crippen molar-refractivity contribution in [1.82, 2.24) is 4.98 Å².